The summed E-state index contributed by atoms with van der Waals surface area (Å²) in [4.78, 5) is 12.5. The van der Waals surface area contributed by atoms with E-state index in [2.05, 4.69) is 25.1 Å². The fourth-order valence-corrected chi connectivity index (χ4v) is 3.93. The van der Waals surface area contributed by atoms with E-state index in [0.29, 0.717) is 17.0 Å². The van der Waals surface area contributed by atoms with Crippen LogP contribution in [0.15, 0.2) is 55.0 Å². The molecule has 0 aliphatic heterocycles. The fourth-order valence-electron chi connectivity index (χ4n) is 3.93. The van der Waals surface area contributed by atoms with E-state index in [1.54, 1.807) is 13.0 Å². The monoisotopic (exact) mass is 482 g/mol. The summed E-state index contributed by atoms with van der Waals surface area (Å²) in [6.45, 7) is 2.42. The van der Waals surface area contributed by atoms with Gasteiger partial charge in [-0.05, 0) is 36.8 Å². The van der Waals surface area contributed by atoms with Gasteiger partial charge in [0.25, 0.3) is 5.92 Å². The van der Waals surface area contributed by atoms with Crippen molar-refractivity contribution >= 4 is 11.6 Å². The zero-order chi connectivity index (χ0) is 24.9. The quantitative estimate of drug-likeness (QED) is 0.371. The second kappa shape index (κ2) is 8.15. The highest BCUT2D eigenvalue weighted by atomic mass is 19.3. The topological polar surface area (TPSA) is 99.8 Å². The first-order valence-corrected chi connectivity index (χ1v) is 10.4. The van der Waals surface area contributed by atoms with Crippen LogP contribution in [-0.2, 0) is 0 Å². The van der Waals surface area contributed by atoms with Crippen LogP contribution in [0.1, 0.15) is 24.2 Å². The molecular weight excluding hydrogens is 464 g/mol. The molecule has 2 N–H and O–H groups in total. The van der Waals surface area contributed by atoms with E-state index in [4.69, 9.17) is 5.73 Å². The zero-order valence-electron chi connectivity index (χ0n) is 18.5. The predicted octanol–water partition coefficient (Wildman–Crippen LogP) is 4.46. The average Bonchev–Trinajstić information content (AvgIpc) is 3.37. The van der Waals surface area contributed by atoms with Crippen molar-refractivity contribution in [2.45, 2.75) is 25.8 Å². The first-order chi connectivity index (χ1) is 16.6. The van der Waals surface area contributed by atoms with Crippen molar-refractivity contribution in [1.82, 2.24) is 34.3 Å². The lowest BCUT2D eigenvalue weighted by Crippen LogP contribution is -2.29. The summed E-state index contributed by atoms with van der Waals surface area (Å²) in [5.74, 6) is -4.46. The molecule has 0 bridgehead atoms. The molecule has 0 fully saturated rings. The van der Waals surface area contributed by atoms with E-state index in [0.717, 1.165) is 23.7 Å². The molecular formula is C23H18F4N8. The van der Waals surface area contributed by atoms with Crippen LogP contribution in [-0.4, -0.2) is 40.3 Å². The molecule has 0 aliphatic carbocycles. The molecule has 4 aromatic heterocycles. The van der Waals surface area contributed by atoms with Crippen LogP contribution in [0.25, 0.3) is 28.3 Å². The van der Waals surface area contributed by atoms with Crippen molar-refractivity contribution in [3.63, 3.8) is 0 Å². The van der Waals surface area contributed by atoms with Crippen LogP contribution >= 0.6 is 0 Å². The number of nitrogens with two attached hydrogens (primary N) is 1. The predicted molar refractivity (Wildman–Crippen MR) is 120 cm³/mol. The highest BCUT2D eigenvalue weighted by Gasteiger charge is 2.38. The number of anilines is 1. The van der Waals surface area contributed by atoms with E-state index in [1.807, 2.05) is 0 Å². The first kappa shape index (κ1) is 22.4. The van der Waals surface area contributed by atoms with Crippen LogP contribution in [0, 0.1) is 18.6 Å². The number of nitrogens with zero attached hydrogens (tertiary/aromatic N) is 7. The molecule has 35 heavy (non-hydrogen) atoms. The summed E-state index contributed by atoms with van der Waals surface area (Å²) in [6, 6.07) is 6.37. The molecule has 4 heterocycles. The number of nitrogen functional groups attached to an aromatic ring is 1. The van der Waals surface area contributed by atoms with E-state index >= 15 is 4.39 Å². The number of pyridine rings is 1. The van der Waals surface area contributed by atoms with Gasteiger partial charge in [0.2, 0.25) is 5.95 Å². The van der Waals surface area contributed by atoms with Gasteiger partial charge in [-0.25, -0.2) is 32.0 Å². The van der Waals surface area contributed by atoms with Gasteiger partial charge in [0.15, 0.2) is 17.3 Å². The molecule has 0 saturated heterocycles. The minimum atomic E-state index is -3.21. The summed E-state index contributed by atoms with van der Waals surface area (Å²) in [7, 11) is 0. The van der Waals surface area contributed by atoms with Crippen molar-refractivity contribution in [2.75, 3.05) is 5.73 Å². The zero-order valence-corrected chi connectivity index (χ0v) is 18.5. The minimum Gasteiger partial charge on any atom is -0.366 e. The van der Waals surface area contributed by atoms with Crippen LogP contribution in [0.3, 0.4) is 0 Å². The van der Waals surface area contributed by atoms with Gasteiger partial charge in [0, 0.05) is 31.1 Å². The summed E-state index contributed by atoms with van der Waals surface area (Å²) >= 11 is 0. The van der Waals surface area contributed by atoms with E-state index in [1.165, 1.54) is 41.3 Å². The maximum absolute atomic E-state index is 15.1. The number of alkyl halides is 2. The Morgan fingerprint density at radius 2 is 1.71 bits per heavy atom. The highest BCUT2D eigenvalue weighted by molar-refractivity contribution is 5.67. The Labute approximate surface area is 196 Å². The molecule has 12 heteroatoms. The lowest BCUT2D eigenvalue weighted by molar-refractivity contribution is -0.0217. The van der Waals surface area contributed by atoms with Gasteiger partial charge in [-0.2, -0.15) is 10.1 Å². The number of fused-ring (bicyclic) bond motifs is 1. The van der Waals surface area contributed by atoms with Crippen LogP contribution < -0.4 is 5.73 Å². The summed E-state index contributed by atoms with van der Waals surface area (Å²) in [6.07, 6.45) is 4.35. The standard InChI is InChI=1S/C23H18F4N8/c1-12-16(11-35(32-12)19(23(2,26)27)13-3-5-14(24)6-4-13)17-7-9-29-20(30-17)15-8-10-34-21(18(15)25)31-22(28)33-34/h3-11,19H,1-2H3,(H2,28,33). The molecule has 5 aromatic rings. The molecule has 1 aromatic carbocycles. The molecule has 178 valence electrons. The average molecular weight is 482 g/mol. The van der Waals surface area contributed by atoms with E-state index in [-0.39, 0.29) is 28.5 Å². The normalized spacial score (nSPS) is 12.9. The maximum atomic E-state index is 15.1. The molecule has 5 rings (SSSR count). The number of aryl methyl sites for hydroxylation is 1. The van der Waals surface area contributed by atoms with E-state index in [9.17, 15) is 13.2 Å². The summed E-state index contributed by atoms with van der Waals surface area (Å²) in [5.41, 5.74) is 6.97. The van der Waals surface area contributed by atoms with Crippen LogP contribution in [0.2, 0.25) is 0 Å². The van der Waals surface area contributed by atoms with Crippen molar-refractivity contribution in [2.24, 2.45) is 0 Å². The van der Waals surface area contributed by atoms with Gasteiger partial charge in [-0.15, -0.1) is 5.10 Å². The third-order valence-electron chi connectivity index (χ3n) is 5.48. The molecule has 0 saturated carbocycles. The van der Waals surface area contributed by atoms with Gasteiger partial charge < -0.3 is 5.73 Å². The second-order valence-corrected chi connectivity index (χ2v) is 8.07. The van der Waals surface area contributed by atoms with E-state index < -0.39 is 23.6 Å². The van der Waals surface area contributed by atoms with Gasteiger partial charge >= 0.3 is 0 Å². The minimum absolute atomic E-state index is 0.0622. The number of aromatic nitrogens is 7. The van der Waals surface area contributed by atoms with Gasteiger partial charge in [0.1, 0.15) is 11.9 Å². The molecule has 0 aliphatic rings. The second-order valence-electron chi connectivity index (χ2n) is 8.07. The summed E-state index contributed by atoms with van der Waals surface area (Å²) < 4.78 is 60.0. The number of rotatable bonds is 5. The van der Waals surface area contributed by atoms with Crippen molar-refractivity contribution in [3.8, 4) is 22.6 Å². The number of hydrogen-bond acceptors (Lipinski definition) is 6. The molecule has 0 radical (unpaired) electrons. The van der Waals surface area contributed by atoms with Crippen LogP contribution in [0.4, 0.5) is 23.5 Å². The Morgan fingerprint density at radius 3 is 2.43 bits per heavy atom. The first-order valence-electron chi connectivity index (χ1n) is 10.4. The van der Waals surface area contributed by atoms with Gasteiger partial charge in [-0.3, -0.25) is 4.68 Å². The Balaban J connectivity index is 1.57. The van der Waals surface area contributed by atoms with Gasteiger partial charge in [0.05, 0.1) is 17.0 Å². The Hall–Kier alpha value is -4.35. The van der Waals surface area contributed by atoms with Crippen LogP contribution in [0.5, 0.6) is 0 Å². The Kier molecular flexibility index (Phi) is 5.23. The number of hydrogen-bond donors (Lipinski definition) is 1. The molecule has 0 amide bonds. The lowest BCUT2D eigenvalue weighted by atomic mass is 10.0. The molecule has 8 nitrogen and oxygen atoms in total. The smallest absolute Gasteiger partial charge is 0.271 e. The highest BCUT2D eigenvalue weighted by Crippen LogP contribution is 2.36. The number of benzene rings is 1. The van der Waals surface area contributed by atoms with Crippen molar-refractivity contribution in [3.05, 3.63) is 77.9 Å². The number of halogens is 4. The summed E-state index contributed by atoms with van der Waals surface area (Å²) in [5, 5.41) is 8.15. The lowest BCUT2D eigenvalue weighted by Gasteiger charge is -2.24. The molecule has 1 atom stereocenters. The SMILES string of the molecule is Cc1nn(C(c2ccc(F)cc2)C(C)(F)F)cc1-c1ccnc(-c2ccn3nc(N)nc3c2F)n1. The molecule has 1 unspecified atom stereocenters. The Bertz CT molecular complexity index is 1540. The van der Waals surface area contributed by atoms with Crippen molar-refractivity contribution in [1.29, 1.82) is 0 Å². The third-order valence-corrected chi connectivity index (χ3v) is 5.48. The van der Waals surface area contributed by atoms with Gasteiger partial charge in [-0.1, -0.05) is 12.1 Å². The largest absolute Gasteiger partial charge is 0.366 e. The Morgan fingerprint density at radius 1 is 0.971 bits per heavy atom. The third kappa shape index (κ3) is 4.07. The van der Waals surface area contributed by atoms with Crippen molar-refractivity contribution < 1.29 is 17.6 Å². The maximum Gasteiger partial charge on any atom is 0.271 e. The molecule has 0 spiro atoms. The fraction of sp³-hybridized carbons (Fsp3) is 0.174.